The van der Waals surface area contributed by atoms with Gasteiger partial charge in [0.2, 0.25) is 11.8 Å². The van der Waals surface area contributed by atoms with E-state index in [4.69, 9.17) is 32.2 Å². The van der Waals surface area contributed by atoms with Gasteiger partial charge in [-0.1, -0.05) is 5.16 Å². The lowest BCUT2D eigenvalue weighted by atomic mass is 9.97. The Bertz CT molecular complexity index is 1200. The minimum Gasteiger partial charge on any atom is -0.445 e. The molecule has 2 unspecified atom stereocenters. The van der Waals surface area contributed by atoms with Crippen molar-refractivity contribution in [2.24, 2.45) is 10.6 Å². The fraction of sp³-hybridized carbons (Fsp3) is 0.583. The summed E-state index contributed by atoms with van der Waals surface area (Å²) in [7, 11) is 0. The highest BCUT2D eigenvalue weighted by atomic mass is 32.2. The molecule has 212 valence electrons. The summed E-state index contributed by atoms with van der Waals surface area (Å²) in [4.78, 5) is 43.8. The van der Waals surface area contributed by atoms with Crippen LogP contribution in [-0.4, -0.2) is 80.3 Å². The van der Waals surface area contributed by atoms with E-state index in [1.54, 1.807) is 20.8 Å². The van der Waals surface area contributed by atoms with Gasteiger partial charge in [0.05, 0.1) is 17.2 Å². The van der Waals surface area contributed by atoms with E-state index in [0.717, 1.165) is 36.2 Å². The van der Waals surface area contributed by atoms with Crippen LogP contribution in [0, 0.1) is 5.41 Å². The van der Waals surface area contributed by atoms with Crippen LogP contribution < -0.4 is 11.1 Å². The van der Waals surface area contributed by atoms with Crippen LogP contribution in [0.3, 0.4) is 0 Å². The highest BCUT2D eigenvalue weighted by Crippen LogP contribution is 2.42. The van der Waals surface area contributed by atoms with Gasteiger partial charge in [-0.15, -0.1) is 23.1 Å². The number of nitrogens with one attached hydrogen (secondary N) is 1. The minimum absolute atomic E-state index is 0.00293. The minimum atomic E-state index is -0.890. The van der Waals surface area contributed by atoms with Gasteiger partial charge in [0, 0.05) is 17.7 Å². The quantitative estimate of drug-likeness (QED) is 0.0766. The SMILES string of the molecule is CC(C)(C)C(=O)OCOC(=S)C1=C(CC2CCCCO2)CS[C@@H]2C(NC(=O)/C(=N/O)c3csc(N)n3)C(=O)N12. The molecule has 2 amide bonds. The molecule has 0 aromatic carbocycles. The molecule has 0 aliphatic carbocycles. The van der Waals surface area contributed by atoms with Gasteiger partial charge in [-0.2, -0.15) is 0 Å². The topological polar surface area (TPSA) is 166 Å². The Morgan fingerprint density at radius 1 is 1.36 bits per heavy atom. The number of ether oxygens (including phenoxy) is 3. The average molecular weight is 598 g/mol. The number of nitrogen functional groups attached to an aromatic ring is 1. The molecule has 15 heteroatoms. The fourth-order valence-corrected chi connectivity index (χ4v) is 6.51. The molecule has 4 N–H and O–H groups in total. The summed E-state index contributed by atoms with van der Waals surface area (Å²) in [6, 6.07) is -0.890. The predicted molar refractivity (Wildman–Crippen MR) is 149 cm³/mol. The first-order valence-electron chi connectivity index (χ1n) is 12.4. The third-order valence-electron chi connectivity index (χ3n) is 6.35. The van der Waals surface area contributed by atoms with Crippen molar-refractivity contribution in [2.75, 3.05) is 24.9 Å². The van der Waals surface area contributed by atoms with Gasteiger partial charge < -0.3 is 30.5 Å². The number of amides is 2. The van der Waals surface area contributed by atoms with E-state index in [2.05, 4.69) is 15.5 Å². The second kappa shape index (κ2) is 12.2. The van der Waals surface area contributed by atoms with Crippen molar-refractivity contribution in [1.82, 2.24) is 15.2 Å². The normalized spacial score (nSPS) is 23.6. The summed E-state index contributed by atoms with van der Waals surface area (Å²) in [5.74, 6) is -1.07. The standard InChI is InChI=1S/C24H31N5O7S3/c1-24(2,3)22(32)36-11-35-21(37)17-12(8-13-6-4-5-7-34-13)9-38-20-16(19(31)29(17)20)27-18(30)15(28-33)14-10-39-23(25)26-14/h10,13,16,20,33H,4-9,11H2,1-3H3,(H2,25,26)(H,27,30)/b28-15+/t13?,16?,20-/m1/s1. The molecular formula is C24H31N5O7S3. The van der Waals surface area contributed by atoms with Crippen molar-refractivity contribution >= 4 is 69.0 Å². The number of hydrogen-bond donors (Lipinski definition) is 3. The molecule has 0 spiro atoms. The van der Waals surface area contributed by atoms with Gasteiger partial charge in [0.1, 0.15) is 17.1 Å². The third kappa shape index (κ3) is 6.53. The summed E-state index contributed by atoms with van der Waals surface area (Å²) in [6.07, 6.45) is 3.55. The molecule has 1 aromatic rings. The van der Waals surface area contributed by atoms with Crippen molar-refractivity contribution in [2.45, 2.75) is 64.0 Å². The molecule has 4 rings (SSSR count). The first kappa shape index (κ1) is 29.2. The number of anilines is 1. The van der Waals surface area contributed by atoms with Crippen LogP contribution in [0.2, 0.25) is 0 Å². The number of nitrogens with zero attached hydrogens (tertiary/aromatic N) is 3. The van der Waals surface area contributed by atoms with Crippen molar-refractivity contribution in [3.05, 3.63) is 22.3 Å². The molecule has 2 saturated heterocycles. The summed E-state index contributed by atoms with van der Waals surface area (Å²) in [5.41, 5.74) is 6.00. The number of carbonyl (C=O) groups is 3. The zero-order valence-electron chi connectivity index (χ0n) is 21.8. The summed E-state index contributed by atoms with van der Waals surface area (Å²) in [5, 5.41) is 16.3. The van der Waals surface area contributed by atoms with Crippen LogP contribution in [-0.2, 0) is 28.6 Å². The van der Waals surface area contributed by atoms with Gasteiger partial charge in [0.25, 0.3) is 11.8 Å². The largest absolute Gasteiger partial charge is 0.445 e. The number of rotatable bonds is 8. The molecule has 1 aromatic heterocycles. The number of β-lactam (4-membered cyclic amide) rings is 1. The third-order valence-corrected chi connectivity index (χ3v) is 8.67. The van der Waals surface area contributed by atoms with Gasteiger partial charge in [-0.3, -0.25) is 19.3 Å². The number of thioether (sulfide) groups is 1. The fourth-order valence-electron chi connectivity index (χ4n) is 4.31. The molecule has 0 radical (unpaired) electrons. The Balaban J connectivity index is 1.49. The van der Waals surface area contributed by atoms with Crippen LogP contribution in [0.15, 0.2) is 21.8 Å². The van der Waals surface area contributed by atoms with Crippen molar-refractivity contribution in [3.63, 3.8) is 0 Å². The van der Waals surface area contributed by atoms with Gasteiger partial charge in [0.15, 0.2) is 10.8 Å². The summed E-state index contributed by atoms with van der Waals surface area (Å²) >= 11 is 8.13. The molecule has 0 bridgehead atoms. The summed E-state index contributed by atoms with van der Waals surface area (Å²) in [6.45, 7) is 5.47. The summed E-state index contributed by atoms with van der Waals surface area (Å²) < 4.78 is 16.7. The number of thiocarbonyl (C=S) groups is 1. The first-order valence-corrected chi connectivity index (χ1v) is 14.7. The van der Waals surface area contributed by atoms with E-state index < -0.39 is 41.4 Å². The van der Waals surface area contributed by atoms with Gasteiger partial charge in [-0.05, 0) is 64.2 Å². The molecule has 3 aliphatic heterocycles. The molecule has 3 atom stereocenters. The smallest absolute Gasteiger partial charge is 0.314 e. The van der Waals surface area contributed by atoms with E-state index >= 15 is 0 Å². The van der Waals surface area contributed by atoms with E-state index in [-0.39, 0.29) is 27.7 Å². The average Bonchev–Trinajstić information content (AvgIpc) is 3.32. The predicted octanol–water partition coefficient (Wildman–Crippen LogP) is 2.41. The monoisotopic (exact) mass is 597 g/mol. The Kier molecular flexibility index (Phi) is 9.14. The second-order valence-electron chi connectivity index (χ2n) is 10.3. The van der Waals surface area contributed by atoms with Crippen LogP contribution in [0.5, 0.6) is 0 Å². The van der Waals surface area contributed by atoms with E-state index in [1.165, 1.54) is 22.0 Å². The molecule has 2 fully saturated rings. The first-order chi connectivity index (χ1) is 18.5. The number of oxime groups is 1. The maximum absolute atomic E-state index is 13.3. The second-order valence-corrected chi connectivity index (χ2v) is 12.6. The molecule has 4 heterocycles. The van der Waals surface area contributed by atoms with E-state index in [1.807, 2.05) is 0 Å². The van der Waals surface area contributed by atoms with Crippen LogP contribution in [0.1, 0.15) is 52.1 Å². The number of hydrogen-bond acceptors (Lipinski definition) is 13. The lowest BCUT2D eigenvalue weighted by Gasteiger charge is -2.50. The van der Waals surface area contributed by atoms with Crippen molar-refractivity contribution in [1.29, 1.82) is 0 Å². The Morgan fingerprint density at radius 2 is 2.13 bits per heavy atom. The number of esters is 1. The van der Waals surface area contributed by atoms with Crippen LogP contribution in [0.4, 0.5) is 5.13 Å². The number of nitrogens with two attached hydrogens (primary N) is 1. The zero-order valence-corrected chi connectivity index (χ0v) is 24.2. The number of carbonyl (C=O) groups excluding carboxylic acids is 3. The highest BCUT2D eigenvalue weighted by Gasteiger charge is 2.54. The van der Waals surface area contributed by atoms with Crippen LogP contribution >= 0.6 is 35.3 Å². The lowest BCUT2D eigenvalue weighted by Crippen LogP contribution is -2.71. The maximum Gasteiger partial charge on any atom is 0.314 e. The Hall–Kier alpha value is -2.75. The molecular weight excluding hydrogens is 566 g/mol. The van der Waals surface area contributed by atoms with Gasteiger partial charge in [-0.25, -0.2) is 4.98 Å². The Labute approximate surface area is 239 Å². The maximum atomic E-state index is 13.3. The zero-order chi connectivity index (χ0) is 28.3. The van der Waals surface area contributed by atoms with E-state index in [0.29, 0.717) is 24.5 Å². The molecule has 0 saturated carbocycles. The van der Waals surface area contributed by atoms with Crippen LogP contribution in [0.25, 0.3) is 0 Å². The highest BCUT2D eigenvalue weighted by molar-refractivity contribution is 8.00. The van der Waals surface area contributed by atoms with Crippen molar-refractivity contribution < 1.29 is 33.8 Å². The lowest BCUT2D eigenvalue weighted by molar-refractivity contribution is -0.160. The van der Waals surface area contributed by atoms with E-state index in [9.17, 15) is 19.6 Å². The molecule has 39 heavy (non-hydrogen) atoms. The van der Waals surface area contributed by atoms with Gasteiger partial charge >= 0.3 is 5.97 Å². The number of fused-ring (bicyclic) bond motifs is 1. The Morgan fingerprint density at radius 3 is 2.74 bits per heavy atom. The number of aromatic nitrogens is 1. The molecule has 3 aliphatic rings. The number of thiazole rings is 1. The van der Waals surface area contributed by atoms with Crippen molar-refractivity contribution in [3.8, 4) is 0 Å². The molecule has 12 nitrogen and oxygen atoms in total.